The Bertz CT molecular complexity index is 1130. The number of halogens is 2. The van der Waals surface area contributed by atoms with Crippen molar-refractivity contribution in [1.82, 2.24) is 34.1 Å². The molecule has 4 rings (SSSR count). The monoisotopic (exact) mass is 447 g/mol. The van der Waals surface area contributed by atoms with Crippen molar-refractivity contribution in [3.8, 4) is 11.4 Å². The molecule has 0 bridgehead atoms. The van der Waals surface area contributed by atoms with Gasteiger partial charge in [0.05, 0.1) is 12.1 Å². The Morgan fingerprint density at radius 2 is 2.00 bits per heavy atom. The third kappa shape index (κ3) is 4.20. The number of benzene rings is 1. The molecule has 30 heavy (non-hydrogen) atoms. The summed E-state index contributed by atoms with van der Waals surface area (Å²) in [7, 11) is 0. The van der Waals surface area contributed by atoms with E-state index in [-0.39, 0.29) is 12.1 Å². The number of hydrogen-bond acceptors (Lipinski definition) is 9. The van der Waals surface area contributed by atoms with Crippen LogP contribution in [-0.4, -0.2) is 44.4 Å². The van der Waals surface area contributed by atoms with Crippen LogP contribution in [0.1, 0.15) is 12.5 Å². The summed E-state index contributed by atoms with van der Waals surface area (Å²) in [6.45, 7) is 1.65. The van der Waals surface area contributed by atoms with Crippen LogP contribution in [0.15, 0.2) is 53.9 Å². The lowest BCUT2D eigenvalue weighted by Crippen LogP contribution is -2.41. The molecule has 0 spiro atoms. The zero-order chi connectivity index (χ0) is 21.1. The molecule has 1 aromatic carbocycles. The normalized spacial score (nSPS) is 14.4. The minimum atomic E-state index is -1.72. The number of thioether (sulfide) groups is 1. The molecule has 0 saturated heterocycles. The summed E-state index contributed by atoms with van der Waals surface area (Å²) in [6.07, 6.45) is 7.35. The first-order chi connectivity index (χ1) is 14.5. The maximum atomic E-state index is 14.6. The zero-order valence-electron chi connectivity index (χ0n) is 15.6. The quantitative estimate of drug-likeness (QED) is 0.432. The van der Waals surface area contributed by atoms with Crippen molar-refractivity contribution in [3.63, 3.8) is 0 Å². The molecule has 2 atom stereocenters. The first-order valence-electron chi connectivity index (χ1n) is 8.72. The van der Waals surface area contributed by atoms with Crippen LogP contribution in [0.25, 0.3) is 11.4 Å². The second-order valence-electron chi connectivity index (χ2n) is 6.41. The third-order valence-electron chi connectivity index (χ3n) is 4.44. The molecular formula is C18H15F2N7OS2. The Balaban J connectivity index is 1.64. The summed E-state index contributed by atoms with van der Waals surface area (Å²) in [4.78, 5) is 16.2. The van der Waals surface area contributed by atoms with Crippen molar-refractivity contribution < 1.29 is 13.9 Å². The molecule has 1 N–H and O–H groups in total. The van der Waals surface area contributed by atoms with Gasteiger partial charge in [0.25, 0.3) is 0 Å². The van der Waals surface area contributed by atoms with Crippen molar-refractivity contribution >= 4 is 23.3 Å². The van der Waals surface area contributed by atoms with E-state index in [1.807, 2.05) is 0 Å². The van der Waals surface area contributed by atoms with Gasteiger partial charge in [-0.2, -0.15) is 9.47 Å². The molecule has 3 aromatic heterocycles. The van der Waals surface area contributed by atoms with Crippen molar-refractivity contribution in [2.75, 3.05) is 0 Å². The lowest BCUT2D eigenvalue weighted by atomic mass is 9.90. The Morgan fingerprint density at radius 3 is 2.70 bits per heavy atom. The second-order valence-corrected chi connectivity index (χ2v) is 8.75. The van der Waals surface area contributed by atoms with E-state index in [2.05, 4.69) is 29.4 Å². The maximum absolute atomic E-state index is 14.6. The highest BCUT2D eigenvalue weighted by molar-refractivity contribution is 8.01. The molecule has 154 valence electrons. The van der Waals surface area contributed by atoms with E-state index in [0.717, 1.165) is 23.7 Å². The molecule has 0 unspecified atom stereocenters. The Morgan fingerprint density at radius 1 is 1.20 bits per heavy atom. The van der Waals surface area contributed by atoms with Crippen LogP contribution in [0.3, 0.4) is 0 Å². The first-order valence-corrected chi connectivity index (χ1v) is 10.4. The van der Waals surface area contributed by atoms with E-state index in [4.69, 9.17) is 0 Å². The molecular weight excluding hydrogens is 432 g/mol. The predicted molar refractivity (Wildman–Crippen MR) is 107 cm³/mol. The summed E-state index contributed by atoms with van der Waals surface area (Å²) in [5.74, 6) is -1.11. The molecule has 3 heterocycles. The van der Waals surface area contributed by atoms with Gasteiger partial charge in [-0.3, -0.25) is 0 Å². The van der Waals surface area contributed by atoms with Crippen LogP contribution >= 0.6 is 23.3 Å². The molecule has 0 amide bonds. The van der Waals surface area contributed by atoms with E-state index >= 15 is 0 Å². The molecule has 0 aliphatic carbocycles. The molecule has 0 saturated carbocycles. The molecule has 4 aromatic rings. The maximum Gasteiger partial charge on any atom is 0.177 e. The standard InChI is InChI=1S/C18H15F2N7OS2/c1-11(29-17-25-16(26-30-17)12-5-21-8-22-6-12)18(28,7-27-10-23-9-24-27)14-3-2-13(19)4-15(14)20/h2-6,8-11,28H,7H2,1H3/t11-,18-/m1/s1. The van der Waals surface area contributed by atoms with Crippen molar-refractivity contribution in [1.29, 1.82) is 0 Å². The molecule has 0 fully saturated rings. The number of aromatic nitrogens is 7. The average molecular weight is 447 g/mol. The van der Waals surface area contributed by atoms with Crippen LogP contribution in [0.4, 0.5) is 8.78 Å². The third-order valence-corrected chi connectivity index (χ3v) is 6.50. The fourth-order valence-corrected chi connectivity index (χ4v) is 4.87. The van der Waals surface area contributed by atoms with Gasteiger partial charge in [0, 0.05) is 29.3 Å². The molecule has 0 radical (unpaired) electrons. The minimum absolute atomic E-state index is 0.0411. The number of rotatable bonds is 7. The lowest BCUT2D eigenvalue weighted by molar-refractivity contribution is 0.0133. The van der Waals surface area contributed by atoms with Crippen LogP contribution in [0.5, 0.6) is 0 Å². The van der Waals surface area contributed by atoms with Crippen molar-refractivity contribution in [2.45, 2.75) is 28.7 Å². The smallest absolute Gasteiger partial charge is 0.177 e. The van der Waals surface area contributed by atoms with Gasteiger partial charge in [0.1, 0.15) is 36.2 Å². The molecule has 12 heteroatoms. The molecule has 0 aliphatic rings. The zero-order valence-corrected chi connectivity index (χ0v) is 17.2. The summed E-state index contributed by atoms with van der Waals surface area (Å²) in [6, 6.07) is 3.10. The molecule has 8 nitrogen and oxygen atoms in total. The van der Waals surface area contributed by atoms with Crippen molar-refractivity contribution in [3.05, 3.63) is 66.8 Å². The van der Waals surface area contributed by atoms with E-state index in [1.165, 1.54) is 41.5 Å². The number of aliphatic hydroxyl groups is 1. The largest absolute Gasteiger partial charge is 0.382 e. The first kappa shape index (κ1) is 20.4. The summed E-state index contributed by atoms with van der Waals surface area (Å²) in [5.41, 5.74) is -1.10. The highest BCUT2D eigenvalue weighted by Crippen LogP contribution is 2.40. The fourth-order valence-electron chi connectivity index (χ4n) is 2.87. The Labute approximate surface area is 178 Å². The summed E-state index contributed by atoms with van der Waals surface area (Å²) in [5, 5.41) is 15.0. The predicted octanol–water partition coefficient (Wildman–Crippen LogP) is 2.93. The highest BCUT2D eigenvalue weighted by atomic mass is 32.2. The SMILES string of the molecule is C[C@@H](Sc1nc(-c2cncnc2)ns1)[C@](O)(Cn1cncn1)c1ccc(F)cc1F. The van der Waals surface area contributed by atoms with E-state index in [9.17, 15) is 13.9 Å². The van der Waals surface area contributed by atoms with Gasteiger partial charge in [0.2, 0.25) is 0 Å². The highest BCUT2D eigenvalue weighted by Gasteiger charge is 2.40. The van der Waals surface area contributed by atoms with Gasteiger partial charge >= 0.3 is 0 Å². The number of hydrogen-bond donors (Lipinski definition) is 1. The average Bonchev–Trinajstić information content (AvgIpc) is 3.40. The van der Waals surface area contributed by atoms with Crippen molar-refractivity contribution in [2.24, 2.45) is 0 Å². The van der Waals surface area contributed by atoms with E-state index < -0.39 is 22.5 Å². The topological polar surface area (TPSA) is 102 Å². The lowest BCUT2D eigenvalue weighted by Gasteiger charge is -2.33. The Kier molecular flexibility index (Phi) is 5.79. The van der Waals surface area contributed by atoms with Crippen LogP contribution in [0, 0.1) is 11.6 Å². The van der Waals surface area contributed by atoms with Gasteiger partial charge in [-0.05, 0) is 24.5 Å². The van der Waals surface area contributed by atoms with Gasteiger partial charge in [-0.15, -0.1) is 0 Å². The second kappa shape index (κ2) is 8.50. The van der Waals surface area contributed by atoms with E-state index in [0.29, 0.717) is 15.7 Å². The van der Waals surface area contributed by atoms with Gasteiger partial charge in [-0.25, -0.2) is 33.4 Å². The molecule has 0 aliphatic heterocycles. The number of nitrogens with zero attached hydrogens (tertiary/aromatic N) is 7. The van der Waals surface area contributed by atoms with E-state index in [1.54, 1.807) is 19.3 Å². The van der Waals surface area contributed by atoms with Gasteiger partial charge < -0.3 is 5.11 Å². The van der Waals surface area contributed by atoms with Gasteiger partial charge in [-0.1, -0.05) is 17.8 Å². The Hall–Kier alpha value is -2.83. The van der Waals surface area contributed by atoms with Gasteiger partial charge in [0.15, 0.2) is 10.2 Å². The summed E-state index contributed by atoms with van der Waals surface area (Å²) >= 11 is 2.37. The van der Waals surface area contributed by atoms with Crippen LogP contribution in [0.2, 0.25) is 0 Å². The summed E-state index contributed by atoms with van der Waals surface area (Å²) < 4.78 is 34.3. The fraction of sp³-hybridized carbons (Fsp3) is 0.222. The van der Waals surface area contributed by atoms with Crippen LogP contribution < -0.4 is 0 Å². The minimum Gasteiger partial charge on any atom is -0.382 e. The van der Waals surface area contributed by atoms with Crippen LogP contribution in [-0.2, 0) is 12.1 Å².